The van der Waals surface area contributed by atoms with E-state index in [2.05, 4.69) is 4.74 Å². The predicted molar refractivity (Wildman–Crippen MR) is 74.1 cm³/mol. The summed E-state index contributed by atoms with van der Waals surface area (Å²) in [5.41, 5.74) is 6.20. The number of ether oxygens (including phenoxy) is 1. The van der Waals surface area contributed by atoms with E-state index in [4.69, 9.17) is 10.6 Å². The summed E-state index contributed by atoms with van der Waals surface area (Å²) < 4.78 is 18.3. The van der Waals surface area contributed by atoms with Crippen molar-refractivity contribution in [3.8, 4) is 0 Å². The molecule has 1 saturated carbocycles. The van der Waals surface area contributed by atoms with E-state index in [9.17, 15) is 18.8 Å². The number of primary amides is 1. The van der Waals surface area contributed by atoms with Gasteiger partial charge in [-0.2, -0.15) is 5.06 Å². The Balaban J connectivity index is 1.79. The second kappa shape index (κ2) is 5.80. The van der Waals surface area contributed by atoms with Crippen LogP contribution in [0.15, 0.2) is 11.6 Å². The lowest BCUT2D eigenvalue weighted by molar-refractivity contribution is -0.223. The molecular weight excluding hydrogens is 309 g/mol. The highest BCUT2D eigenvalue weighted by atomic mass is 19.1. The average Bonchev–Trinajstić information content (AvgIpc) is 3.32. The summed E-state index contributed by atoms with van der Waals surface area (Å²) >= 11 is 0. The van der Waals surface area contributed by atoms with Gasteiger partial charge in [-0.05, 0) is 31.3 Å². The lowest BCUT2D eigenvalue weighted by atomic mass is 9.95. The predicted octanol–water partition coefficient (Wildman–Crippen LogP) is 0.0868. The molecule has 8 nitrogen and oxygen atoms in total. The van der Waals surface area contributed by atoms with E-state index in [0.29, 0.717) is 0 Å². The summed E-state index contributed by atoms with van der Waals surface area (Å²) in [6, 6.07) is -2.07. The second-order valence-corrected chi connectivity index (χ2v) is 5.75. The van der Waals surface area contributed by atoms with E-state index in [1.165, 1.54) is 11.8 Å². The minimum atomic E-state index is -2.40. The fourth-order valence-corrected chi connectivity index (χ4v) is 3.02. The van der Waals surface area contributed by atoms with Gasteiger partial charge >= 0.3 is 18.4 Å². The van der Waals surface area contributed by atoms with E-state index >= 15 is 0 Å². The van der Waals surface area contributed by atoms with E-state index in [1.54, 1.807) is 6.08 Å². The van der Waals surface area contributed by atoms with Crippen LogP contribution in [0.1, 0.15) is 19.8 Å². The molecule has 0 aromatic carbocycles. The number of hydroxylamine groups is 2. The minimum Gasteiger partial charge on any atom is -0.462 e. The Labute approximate surface area is 131 Å². The third-order valence-corrected chi connectivity index (χ3v) is 4.13. The Hall–Kier alpha value is -2.16. The molecule has 3 atom stereocenters. The van der Waals surface area contributed by atoms with Crippen LogP contribution in [0.3, 0.4) is 0 Å². The van der Waals surface area contributed by atoms with E-state index in [-0.39, 0.29) is 19.1 Å². The summed E-state index contributed by atoms with van der Waals surface area (Å²) in [6.07, 6.45) is 1.19. The molecule has 2 fully saturated rings. The van der Waals surface area contributed by atoms with Crippen molar-refractivity contribution >= 4 is 17.9 Å². The summed E-state index contributed by atoms with van der Waals surface area (Å²) in [5, 5.41) is 0.785. The molecule has 9 heteroatoms. The van der Waals surface area contributed by atoms with Gasteiger partial charge in [0.1, 0.15) is 6.04 Å². The van der Waals surface area contributed by atoms with Crippen molar-refractivity contribution in [1.29, 1.82) is 0 Å². The summed E-state index contributed by atoms with van der Waals surface area (Å²) in [6.45, 7) is 1.70. The smallest absolute Gasteiger partial charge is 0.370 e. The molecule has 0 aromatic rings. The van der Waals surface area contributed by atoms with Crippen molar-refractivity contribution in [1.82, 2.24) is 9.96 Å². The molecule has 23 heavy (non-hydrogen) atoms. The maximum absolute atomic E-state index is 13.8. The molecule has 0 unspecified atom stereocenters. The lowest BCUT2D eigenvalue weighted by Gasteiger charge is -2.29. The van der Waals surface area contributed by atoms with Crippen LogP contribution in [0.5, 0.6) is 0 Å². The maximum Gasteiger partial charge on any atom is 0.370 e. The van der Waals surface area contributed by atoms with E-state index in [1.807, 2.05) is 0 Å². The number of alkyl halides is 1. The van der Waals surface area contributed by atoms with Gasteiger partial charge in [0.25, 0.3) is 0 Å². The number of amides is 3. The molecule has 1 aliphatic carbocycles. The van der Waals surface area contributed by atoms with Gasteiger partial charge in [-0.25, -0.2) is 18.8 Å². The first-order valence-electron chi connectivity index (χ1n) is 7.52. The number of esters is 1. The van der Waals surface area contributed by atoms with Crippen LogP contribution in [0, 0.1) is 5.92 Å². The normalized spacial score (nSPS) is 27.7. The Bertz CT molecular complexity index is 577. The van der Waals surface area contributed by atoms with Crippen molar-refractivity contribution in [2.75, 3.05) is 13.2 Å². The molecule has 0 aromatic heterocycles. The number of nitrogens with zero attached hydrogens (tertiary/aromatic N) is 2. The first kappa shape index (κ1) is 15.7. The molecule has 1 saturated heterocycles. The molecule has 3 aliphatic rings. The number of fused-ring (bicyclic) bond motifs is 2. The SMILES string of the molecule is CCOC(=O)[C@H](F)ON1C(=O)N2C[C@H]1C=C(C1CC1)[C@H]2C(N)=O. The van der Waals surface area contributed by atoms with Gasteiger partial charge in [0.2, 0.25) is 5.91 Å². The van der Waals surface area contributed by atoms with Gasteiger partial charge < -0.3 is 15.4 Å². The Morgan fingerprint density at radius 1 is 1.48 bits per heavy atom. The van der Waals surface area contributed by atoms with Crippen LogP contribution in [0.4, 0.5) is 9.18 Å². The topological polar surface area (TPSA) is 102 Å². The number of urea groups is 1. The summed E-state index contributed by atoms with van der Waals surface area (Å²) in [7, 11) is 0. The zero-order valence-electron chi connectivity index (χ0n) is 12.6. The molecule has 0 radical (unpaired) electrons. The van der Waals surface area contributed by atoms with Gasteiger partial charge in [0.15, 0.2) is 0 Å². The van der Waals surface area contributed by atoms with Crippen LogP contribution >= 0.6 is 0 Å². The van der Waals surface area contributed by atoms with Gasteiger partial charge in [0.05, 0.1) is 19.2 Å². The van der Waals surface area contributed by atoms with Crippen LogP contribution < -0.4 is 5.73 Å². The largest absolute Gasteiger partial charge is 0.462 e. The molecule has 0 spiro atoms. The van der Waals surface area contributed by atoms with Crippen LogP contribution in [-0.4, -0.2) is 59.5 Å². The highest BCUT2D eigenvalue weighted by molar-refractivity contribution is 5.91. The van der Waals surface area contributed by atoms with Crippen molar-refractivity contribution in [2.45, 2.75) is 38.2 Å². The number of carbonyl (C=O) groups is 3. The minimum absolute atomic E-state index is 0.00158. The fourth-order valence-electron chi connectivity index (χ4n) is 3.02. The number of hydrogen-bond donors (Lipinski definition) is 1. The van der Waals surface area contributed by atoms with Crippen LogP contribution in [0.25, 0.3) is 0 Å². The Kier molecular flexibility index (Phi) is 3.97. The van der Waals surface area contributed by atoms with Crippen molar-refractivity contribution < 1.29 is 28.3 Å². The molecule has 126 valence electrons. The highest BCUT2D eigenvalue weighted by Gasteiger charge is 2.51. The fraction of sp³-hybridized carbons (Fsp3) is 0.643. The average molecular weight is 327 g/mol. The molecule has 2 heterocycles. The van der Waals surface area contributed by atoms with Gasteiger partial charge in [-0.1, -0.05) is 6.08 Å². The van der Waals surface area contributed by atoms with Crippen molar-refractivity contribution in [3.63, 3.8) is 0 Å². The molecular formula is C14H18FN3O5. The van der Waals surface area contributed by atoms with Crippen molar-refractivity contribution in [2.24, 2.45) is 11.7 Å². The molecule has 2 N–H and O–H groups in total. The zero-order chi connectivity index (χ0) is 16.7. The number of nitrogens with two attached hydrogens (primary N) is 1. The number of halogens is 1. The van der Waals surface area contributed by atoms with E-state index in [0.717, 1.165) is 23.5 Å². The maximum atomic E-state index is 13.8. The lowest BCUT2D eigenvalue weighted by Crippen LogP contribution is -2.49. The standard InChI is InChI=1S/C14H18FN3O5/c1-2-22-13(20)11(15)23-18-8-5-9(7-3-4-7)10(12(16)19)17(6-8)14(18)21/h5,7-8,10-11H,2-4,6H2,1H3,(H2,16,19)/t8-,10+,11-/m1/s1. The van der Waals surface area contributed by atoms with E-state index < -0.39 is 36.3 Å². The Morgan fingerprint density at radius 2 is 2.17 bits per heavy atom. The van der Waals surface area contributed by atoms with Gasteiger partial charge in [0, 0.05) is 0 Å². The molecule has 3 amide bonds. The highest BCUT2D eigenvalue weighted by Crippen LogP contribution is 2.43. The van der Waals surface area contributed by atoms with Crippen LogP contribution in [0.2, 0.25) is 0 Å². The number of rotatable bonds is 6. The Morgan fingerprint density at radius 3 is 2.74 bits per heavy atom. The first-order chi connectivity index (χ1) is 10.9. The van der Waals surface area contributed by atoms with Crippen LogP contribution in [-0.2, 0) is 19.2 Å². The van der Waals surface area contributed by atoms with Crippen molar-refractivity contribution in [3.05, 3.63) is 11.6 Å². The second-order valence-electron chi connectivity index (χ2n) is 5.75. The molecule has 3 rings (SSSR count). The summed E-state index contributed by atoms with van der Waals surface area (Å²) in [5.74, 6) is -1.61. The zero-order valence-corrected chi connectivity index (χ0v) is 12.6. The molecule has 2 bridgehead atoms. The summed E-state index contributed by atoms with van der Waals surface area (Å²) in [4.78, 5) is 41.5. The monoisotopic (exact) mass is 327 g/mol. The third-order valence-electron chi connectivity index (χ3n) is 4.13. The van der Waals surface area contributed by atoms with Gasteiger partial charge in [-0.3, -0.25) is 4.79 Å². The first-order valence-corrected chi connectivity index (χ1v) is 7.52. The van der Waals surface area contributed by atoms with Gasteiger partial charge in [-0.15, -0.1) is 0 Å². The third kappa shape index (κ3) is 2.76. The quantitative estimate of drug-likeness (QED) is 0.550. The number of carbonyl (C=O) groups excluding carboxylic acids is 3. The number of hydrogen-bond acceptors (Lipinski definition) is 5. The molecule has 2 aliphatic heterocycles.